The zero-order valence-corrected chi connectivity index (χ0v) is 19.7. The number of nitrogens with two attached hydrogens (primary N) is 1. The number of fused-ring (bicyclic) bond motifs is 1. The Morgan fingerprint density at radius 3 is 2.62 bits per heavy atom. The fraction of sp³-hybridized carbons (Fsp3) is 0.333. The molecule has 32 heavy (non-hydrogen) atoms. The van der Waals surface area contributed by atoms with Gasteiger partial charge in [-0.15, -0.1) is 24.8 Å². The Morgan fingerprint density at radius 2 is 1.94 bits per heavy atom. The minimum absolute atomic E-state index is 0. The first-order chi connectivity index (χ1) is 14.5. The maximum atomic E-state index is 12.4. The molecule has 8 heteroatoms. The number of carbonyl (C=O) groups excluding carboxylic acids is 1. The van der Waals surface area contributed by atoms with Crippen LogP contribution >= 0.6 is 24.8 Å². The topological polar surface area (TPSA) is 91.4 Å². The van der Waals surface area contributed by atoms with Crippen LogP contribution < -0.4 is 20.7 Å². The van der Waals surface area contributed by atoms with Crippen molar-refractivity contribution >= 4 is 48.3 Å². The summed E-state index contributed by atoms with van der Waals surface area (Å²) in [6, 6.07) is 13.5. The highest BCUT2D eigenvalue weighted by atomic mass is 35.5. The SMILES string of the molecule is CC(=O)N1c2ccc(OC3CCNCC3)cc2CC1/C=C/c1cccc(C(=N)N)c1.Cl.Cl. The van der Waals surface area contributed by atoms with Crippen molar-refractivity contribution in [3.63, 3.8) is 0 Å². The van der Waals surface area contributed by atoms with E-state index in [2.05, 4.69) is 11.4 Å². The van der Waals surface area contributed by atoms with Crippen molar-refractivity contribution in [1.82, 2.24) is 5.32 Å². The lowest BCUT2D eigenvalue weighted by molar-refractivity contribution is -0.116. The molecule has 0 radical (unpaired) electrons. The predicted octanol–water partition coefficient (Wildman–Crippen LogP) is 3.94. The molecule has 1 saturated heterocycles. The lowest BCUT2D eigenvalue weighted by atomic mass is 10.1. The highest BCUT2D eigenvalue weighted by Gasteiger charge is 2.31. The standard InChI is InChI=1S/C24H28N4O2.2ClH/c1-16(29)28-20(6-5-17-3-2-4-18(13-17)24(25)26)14-19-15-22(7-8-23(19)28)30-21-9-11-27-12-10-21;;/h2-8,13,15,20-21,27H,9-12,14H2,1H3,(H3,25,26);2*1H/b6-5+;;. The third-order valence-electron chi connectivity index (χ3n) is 5.71. The van der Waals surface area contributed by atoms with Crippen molar-refractivity contribution in [2.75, 3.05) is 18.0 Å². The van der Waals surface area contributed by atoms with Gasteiger partial charge in [-0.05, 0) is 67.7 Å². The summed E-state index contributed by atoms with van der Waals surface area (Å²) in [5.41, 5.74) is 9.32. The summed E-state index contributed by atoms with van der Waals surface area (Å²) in [5.74, 6) is 0.945. The zero-order valence-electron chi connectivity index (χ0n) is 18.0. The molecule has 2 aliphatic rings. The van der Waals surface area contributed by atoms with Gasteiger partial charge in [-0.3, -0.25) is 10.2 Å². The Hall–Kier alpha value is -2.54. The van der Waals surface area contributed by atoms with Crippen LogP contribution in [0.4, 0.5) is 5.69 Å². The number of amidine groups is 1. The second-order valence-corrected chi connectivity index (χ2v) is 7.92. The zero-order chi connectivity index (χ0) is 21.1. The van der Waals surface area contributed by atoms with Crippen molar-refractivity contribution in [3.8, 4) is 5.75 Å². The van der Waals surface area contributed by atoms with Crippen molar-refractivity contribution in [3.05, 3.63) is 65.2 Å². The van der Waals surface area contributed by atoms with Gasteiger partial charge in [0, 0.05) is 18.2 Å². The third kappa shape index (κ3) is 5.82. The van der Waals surface area contributed by atoms with E-state index in [0.29, 0.717) is 5.56 Å². The largest absolute Gasteiger partial charge is 0.490 e. The molecule has 2 aromatic carbocycles. The summed E-state index contributed by atoms with van der Waals surface area (Å²) in [7, 11) is 0. The van der Waals surface area contributed by atoms with E-state index >= 15 is 0 Å². The maximum absolute atomic E-state index is 12.4. The highest BCUT2D eigenvalue weighted by molar-refractivity contribution is 5.96. The summed E-state index contributed by atoms with van der Waals surface area (Å²) in [4.78, 5) is 14.2. The molecule has 4 N–H and O–H groups in total. The number of halogens is 2. The number of nitrogen functional groups attached to an aromatic ring is 1. The normalized spacial score (nSPS) is 17.9. The molecule has 0 aliphatic carbocycles. The van der Waals surface area contributed by atoms with Crippen LogP contribution in [0.25, 0.3) is 6.08 Å². The van der Waals surface area contributed by atoms with E-state index in [1.54, 1.807) is 6.92 Å². The number of ether oxygens (including phenoxy) is 1. The molecular weight excluding hydrogens is 447 g/mol. The number of carbonyl (C=O) groups is 1. The molecule has 0 spiro atoms. The molecule has 1 amide bonds. The maximum Gasteiger partial charge on any atom is 0.224 e. The second-order valence-electron chi connectivity index (χ2n) is 7.92. The molecule has 0 aromatic heterocycles. The van der Waals surface area contributed by atoms with E-state index in [-0.39, 0.29) is 48.7 Å². The van der Waals surface area contributed by atoms with Gasteiger partial charge in [-0.1, -0.05) is 30.4 Å². The van der Waals surface area contributed by atoms with Gasteiger partial charge < -0.3 is 20.7 Å². The molecule has 2 aromatic rings. The minimum atomic E-state index is -0.0485. The van der Waals surface area contributed by atoms with E-state index in [1.807, 2.05) is 53.5 Å². The summed E-state index contributed by atoms with van der Waals surface area (Å²) >= 11 is 0. The first-order valence-electron chi connectivity index (χ1n) is 10.4. The van der Waals surface area contributed by atoms with Gasteiger partial charge >= 0.3 is 0 Å². The van der Waals surface area contributed by atoms with Crippen LogP contribution in [0.3, 0.4) is 0 Å². The number of nitrogens with zero attached hydrogens (tertiary/aromatic N) is 1. The Bertz CT molecular complexity index is 990. The fourth-order valence-electron chi connectivity index (χ4n) is 4.22. The van der Waals surface area contributed by atoms with Crippen LogP contribution in [0.15, 0.2) is 48.5 Å². The van der Waals surface area contributed by atoms with Gasteiger partial charge in [0.2, 0.25) is 5.91 Å². The minimum Gasteiger partial charge on any atom is -0.490 e. The van der Waals surface area contributed by atoms with Gasteiger partial charge in [-0.2, -0.15) is 0 Å². The fourth-order valence-corrected chi connectivity index (χ4v) is 4.22. The highest BCUT2D eigenvalue weighted by Crippen LogP contribution is 2.36. The number of nitrogens with one attached hydrogen (secondary N) is 2. The molecular formula is C24H30Cl2N4O2. The van der Waals surface area contributed by atoms with Gasteiger partial charge in [0.1, 0.15) is 17.7 Å². The van der Waals surface area contributed by atoms with Crippen LogP contribution in [0.5, 0.6) is 5.75 Å². The Labute approximate surface area is 201 Å². The smallest absolute Gasteiger partial charge is 0.224 e. The van der Waals surface area contributed by atoms with E-state index in [0.717, 1.165) is 54.9 Å². The van der Waals surface area contributed by atoms with Gasteiger partial charge in [0.25, 0.3) is 0 Å². The Kier molecular flexibility index (Phi) is 9.13. The second kappa shape index (κ2) is 11.4. The first kappa shape index (κ1) is 25.7. The van der Waals surface area contributed by atoms with Crippen molar-refractivity contribution < 1.29 is 9.53 Å². The molecule has 172 valence electrons. The molecule has 4 rings (SSSR count). The lowest BCUT2D eigenvalue weighted by Crippen LogP contribution is -2.34. The van der Waals surface area contributed by atoms with Crippen molar-refractivity contribution in [2.45, 2.75) is 38.3 Å². The van der Waals surface area contributed by atoms with Gasteiger partial charge in [-0.25, -0.2) is 0 Å². The summed E-state index contributed by atoms with van der Waals surface area (Å²) < 4.78 is 6.18. The van der Waals surface area contributed by atoms with Crippen LogP contribution in [0.2, 0.25) is 0 Å². The number of hydrogen-bond acceptors (Lipinski definition) is 4. The Morgan fingerprint density at radius 1 is 1.19 bits per heavy atom. The van der Waals surface area contributed by atoms with E-state index in [1.165, 1.54) is 0 Å². The van der Waals surface area contributed by atoms with Crippen LogP contribution in [-0.4, -0.2) is 37.0 Å². The number of anilines is 1. The average molecular weight is 477 g/mol. The van der Waals surface area contributed by atoms with Crippen LogP contribution in [0.1, 0.15) is 36.5 Å². The van der Waals surface area contributed by atoms with Gasteiger partial charge in [0.05, 0.1) is 6.04 Å². The molecule has 0 saturated carbocycles. The number of benzene rings is 2. The molecule has 2 heterocycles. The molecule has 1 atom stereocenters. The Balaban J connectivity index is 0.00000181. The molecule has 2 aliphatic heterocycles. The third-order valence-corrected chi connectivity index (χ3v) is 5.71. The molecule has 6 nitrogen and oxygen atoms in total. The van der Waals surface area contributed by atoms with Gasteiger partial charge in [0.15, 0.2) is 0 Å². The average Bonchev–Trinajstić information content (AvgIpc) is 3.11. The van der Waals surface area contributed by atoms with Crippen molar-refractivity contribution in [1.29, 1.82) is 5.41 Å². The van der Waals surface area contributed by atoms with Crippen molar-refractivity contribution in [2.24, 2.45) is 5.73 Å². The number of amides is 1. The molecule has 0 bridgehead atoms. The lowest BCUT2D eigenvalue weighted by Gasteiger charge is -2.24. The summed E-state index contributed by atoms with van der Waals surface area (Å²) in [5, 5.41) is 11.0. The van der Waals surface area contributed by atoms with E-state index in [9.17, 15) is 4.79 Å². The van der Waals surface area contributed by atoms with E-state index < -0.39 is 0 Å². The molecule has 1 unspecified atom stereocenters. The monoisotopic (exact) mass is 476 g/mol. The number of piperidine rings is 1. The van der Waals surface area contributed by atoms with E-state index in [4.69, 9.17) is 15.9 Å². The predicted molar refractivity (Wildman–Crippen MR) is 135 cm³/mol. The number of rotatable bonds is 5. The quantitative estimate of drug-likeness (QED) is 0.450. The summed E-state index contributed by atoms with van der Waals surface area (Å²) in [6.07, 6.45) is 7.07. The van der Waals surface area contributed by atoms with Crippen LogP contribution in [-0.2, 0) is 11.2 Å². The van der Waals surface area contributed by atoms with Crippen LogP contribution in [0, 0.1) is 5.41 Å². The molecule has 1 fully saturated rings. The number of hydrogen-bond donors (Lipinski definition) is 3. The summed E-state index contributed by atoms with van der Waals surface area (Å²) in [6.45, 7) is 3.59. The first-order valence-corrected chi connectivity index (χ1v) is 10.4.